The average molecular weight is 501 g/mol. The van der Waals surface area contributed by atoms with E-state index in [1.54, 1.807) is 11.3 Å². The number of benzene rings is 1. The molecule has 1 atom stereocenters. The van der Waals surface area contributed by atoms with E-state index in [9.17, 15) is 0 Å². The minimum absolute atomic E-state index is 0. The minimum atomic E-state index is 0. The Bertz CT molecular complexity index is 680. The zero-order valence-electron chi connectivity index (χ0n) is 16.9. The maximum Gasteiger partial charge on any atom is 0.191 e. The molecule has 0 aliphatic heterocycles. The summed E-state index contributed by atoms with van der Waals surface area (Å²) >= 11 is 1.78. The summed E-state index contributed by atoms with van der Waals surface area (Å²) in [6.45, 7) is 10.3. The zero-order chi connectivity index (χ0) is 18.9. The Labute approximate surface area is 184 Å². The first-order valence-corrected chi connectivity index (χ1v) is 10.00. The molecule has 27 heavy (non-hydrogen) atoms. The van der Waals surface area contributed by atoms with E-state index in [4.69, 9.17) is 0 Å². The molecule has 0 saturated heterocycles. The van der Waals surface area contributed by atoms with Crippen LogP contribution in [0.4, 0.5) is 5.69 Å². The number of aliphatic imine (C=N–C) groups is 1. The highest BCUT2D eigenvalue weighted by molar-refractivity contribution is 14.0. The number of halogens is 1. The third-order valence-electron chi connectivity index (χ3n) is 4.35. The molecule has 1 heterocycles. The number of nitrogens with one attached hydrogen (secondary N) is 3. The van der Waals surface area contributed by atoms with Crippen LogP contribution in [0.3, 0.4) is 0 Å². The molecule has 0 bridgehead atoms. The number of hydrogen-bond acceptors (Lipinski definition) is 4. The molecule has 0 radical (unpaired) electrons. The number of rotatable bonds is 8. The molecule has 1 aromatic carbocycles. The minimum Gasteiger partial charge on any atom is -0.380 e. The van der Waals surface area contributed by atoms with Gasteiger partial charge in [0.25, 0.3) is 0 Å². The van der Waals surface area contributed by atoms with Crippen molar-refractivity contribution in [2.75, 3.05) is 25.5 Å². The second-order valence-electron chi connectivity index (χ2n) is 6.74. The van der Waals surface area contributed by atoms with Gasteiger partial charge in [-0.2, -0.15) is 0 Å². The molecule has 1 aromatic heterocycles. The summed E-state index contributed by atoms with van der Waals surface area (Å²) in [5.74, 6) is 1.33. The van der Waals surface area contributed by atoms with Gasteiger partial charge in [0, 0.05) is 43.2 Å². The van der Waals surface area contributed by atoms with Gasteiger partial charge in [0.1, 0.15) is 0 Å². The van der Waals surface area contributed by atoms with Gasteiger partial charge in [-0.3, -0.25) is 4.99 Å². The molecule has 150 valence electrons. The van der Waals surface area contributed by atoms with Crippen molar-refractivity contribution in [3.63, 3.8) is 0 Å². The van der Waals surface area contributed by atoms with Crippen LogP contribution >= 0.6 is 35.3 Å². The van der Waals surface area contributed by atoms with Crippen molar-refractivity contribution in [2.45, 2.75) is 40.2 Å². The molecule has 0 saturated carbocycles. The van der Waals surface area contributed by atoms with E-state index in [2.05, 4.69) is 77.9 Å². The Hall–Kier alpha value is -1.35. The first-order chi connectivity index (χ1) is 12.5. The number of hydrogen-bond donors (Lipinski definition) is 3. The first kappa shape index (κ1) is 23.7. The van der Waals surface area contributed by atoms with Gasteiger partial charge in [-0.25, -0.2) is 4.98 Å². The third-order valence-corrected chi connectivity index (χ3v) is 5.48. The van der Waals surface area contributed by atoms with Crippen LogP contribution in [0.5, 0.6) is 0 Å². The lowest BCUT2D eigenvalue weighted by atomic mass is 10.0. The summed E-state index contributed by atoms with van der Waals surface area (Å²) in [5, 5.41) is 11.6. The SMILES string of the molecule is CN=C(NCCc1nc(C)c(C)s1)NCC(Nc1ccccc1)C(C)C.I. The van der Waals surface area contributed by atoms with E-state index < -0.39 is 0 Å². The maximum atomic E-state index is 4.59. The average Bonchev–Trinajstić information content (AvgIpc) is 2.95. The van der Waals surface area contributed by atoms with Crippen molar-refractivity contribution >= 4 is 47.0 Å². The molecule has 3 N–H and O–H groups in total. The lowest BCUT2D eigenvalue weighted by Gasteiger charge is -2.25. The Kier molecular flexibility index (Phi) is 10.7. The quantitative estimate of drug-likeness (QED) is 0.288. The zero-order valence-corrected chi connectivity index (χ0v) is 20.0. The number of anilines is 1. The third kappa shape index (κ3) is 8.04. The highest BCUT2D eigenvalue weighted by Gasteiger charge is 2.14. The molecule has 1 unspecified atom stereocenters. The first-order valence-electron chi connectivity index (χ1n) is 9.18. The van der Waals surface area contributed by atoms with Crippen molar-refractivity contribution in [2.24, 2.45) is 10.9 Å². The van der Waals surface area contributed by atoms with Crippen molar-refractivity contribution in [1.29, 1.82) is 0 Å². The smallest absolute Gasteiger partial charge is 0.191 e. The lowest BCUT2D eigenvalue weighted by Crippen LogP contribution is -2.45. The predicted molar refractivity (Wildman–Crippen MR) is 129 cm³/mol. The van der Waals surface area contributed by atoms with Gasteiger partial charge in [-0.05, 0) is 31.9 Å². The summed E-state index contributed by atoms with van der Waals surface area (Å²) in [7, 11) is 1.81. The van der Waals surface area contributed by atoms with Crippen LogP contribution in [-0.4, -0.2) is 37.1 Å². The summed E-state index contributed by atoms with van der Waals surface area (Å²) in [6.07, 6.45) is 0.913. The Morgan fingerprint density at radius 2 is 1.85 bits per heavy atom. The molecule has 2 aromatic rings. The largest absolute Gasteiger partial charge is 0.380 e. The summed E-state index contributed by atoms with van der Waals surface area (Å²) in [5.41, 5.74) is 2.28. The Morgan fingerprint density at radius 1 is 1.15 bits per heavy atom. The van der Waals surface area contributed by atoms with Crippen LogP contribution in [0.25, 0.3) is 0 Å². The van der Waals surface area contributed by atoms with Crippen LogP contribution in [0, 0.1) is 19.8 Å². The molecule has 2 rings (SSSR count). The molecule has 5 nitrogen and oxygen atoms in total. The van der Waals surface area contributed by atoms with Crippen molar-refractivity contribution < 1.29 is 0 Å². The number of para-hydroxylation sites is 1. The summed E-state index contributed by atoms with van der Waals surface area (Å²) < 4.78 is 0. The van der Waals surface area contributed by atoms with Gasteiger partial charge in [-0.15, -0.1) is 35.3 Å². The summed E-state index contributed by atoms with van der Waals surface area (Å²) in [4.78, 5) is 10.2. The second-order valence-corrected chi connectivity index (χ2v) is 8.03. The van der Waals surface area contributed by atoms with Gasteiger partial charge in [0.15, 0.2) is 5.96 Å². The standard InChI is InChI=1S/C20H31N5S.HI/c1-14(2)18(25-17-9-7-6-8-10-17)13-23-20(21-5)22-12-11-19-24-15(3)16(4)26-19;/h6-10,14,18,25H,11-13H2,1-5H3,(H2,21,22,23);1H. The molecule has 0 spiro atoms. The monoisotopic (exact) mass is 501 g/mol. The number of aromatic nitrogens is 1. The van der Waals surface area contributed by atoms with E-state index in [1.165, 1.54) is 9.88 Å². The van der Waals surface area contributed by atoms with Gasteiger partial charge in [0.05, 0.1) is 10.7 Å². The summed E-state index contributed by atoms with van der Waals surface area (Å²) in [6, 6.07) is 10.7. The van der Waals surface area contributed by atoms with Crippen LogP contribution in [0.15, 0.2) is 35.3 Å². The van der Waals surface area contributed by atoms with Crippen LogP contribution < -0.4 is 16.0 Å². The Balaban J connectivity index is 0.00000364. The topological polar surface area (TPSA) is 61.3 Å². The van der Waals surface area contributed by atoms with E-state index >= 15 is 0 Å². The normalized spacial score (nSPS) is 12.4. The van der Waals surface area contributed by atoms with Crippen LogP contribution in [0.1, 0.15) is 29.4 Å². The van der Waals surface area contributed by atoms with E-state index in [-0.39, 0.29) is 24.0 Å². The molecular formula is C20H32IN5S. The highest BCUT2D eigenvalue weighted by atomic mass is 127. The number of guanidine groups is 1. The fraction of sp³-hybridized carbons (Fsp3) is 0.500. The van der Waals surface area contributed by atoms with Crippen molar-refractivity contribution in [1.82, 2.24) is 15.6 Å². The van der Waals surface area contributed by atoms with Crippen LogP contribution in [-0.2, 0) is 6.42 Å². The van der Waals surface area contributed by atoms with Crippen molar-refractivity contribution in [3.05, 3.63) is 45.9 Å². The molecule has 0 aliphatic rings. The molecule has 0 amide bonds. The van der Waals surface area contributed by atoms with Gasteiger partial charge in [0.2, 0.25) is 0 Å². The van der Waals surface area contributed by atoms with Gasteiger partial charge < -0.3 is 16.0 Å². The van der Waals surface area contributed by atoms with Crippen LogP contribution in [0.2, 0.25) is 0 Å². The fourth-order valence-corrected chi connectivity index (χ4v) is 3.50. The maximum absolute atomic E-state index is 4.59. The Morgan fingerprint density at radius 3 is 2.41 bits per heavy atom. The highest BCUT2D eigenvalue weighted by Crippen LogP contribution is 2.16. The molecule has 7 heteroatoms. The predicted octanol–water partition coefficient (Wildman–Crippen LogP) is 4.22. The second kappa shape index (κ2) is 12.2. The van der Waals surface area contributed by atoms with Gasteiger partial charge in [-0.1, -0.05) is 32.0 Å². The molecule has 0 aliphatic carbocycles. The van der Waals surface area contributed by atoms with Gasteiger partial charge >= 0.3 is 0 Å². The van der Waals surface area contributed by atoms with E-state index in [0.717, 1.165) is 36.9 Å². The number of nitrogens with zero attached hydrogens (tertiary/aromatic N) is 2. The van der Waals surface area contributed by atoms with Crippen molar-refractivity contribution in [3.8, 4) is 0 Å². The number of thiazole rings is 1. The van der Waals surface area contributed by atoms with E-state index in [1.807, 2.05) is 13.1 Å². The molecular weight excluding hydrogens is 469 g/mol. The molecule has 0 fully saturated rings. The fourth-order valence-electron chi connectivity index (χ4n) is 2.56. The number of aryl methyl sites for hydroxylation is 2. The van der Waals surface area contributed by atoms with E-state index in [0.29, 0.717) is 12.0 Å². The lowest BCUT2D eigenvalue weighted by molar-refractivity contribution is 0.512.